The first-order valence-electron chi connectivity index (χ1n) is 4.37. The number of rotatable bonds is 3. The number of hydrogen-bond acceptors (Lipinski definition) is 3. The number of nitrogens with zero attached hydrogens (tertiary/aromatic N) is 3. The van der Waals surface area contributed by atoms with Crippen molar-refractivity contribution in [1.82, 2.24) is 9.97 Å². The van der Waals surface area contributed by atoms with E-state index < -0.39 is 0 Å². The van der Waals surface area contributed by atoms with Crippen LogP contribution in [0.4, 0.5) is 5.69 Å². The van der Waals surface area contributed by atoms with Crippen LogP contribution >= 0.6 is 23.2 Å². The van der Waals surface area contributed by atoms with Crippen molar-refractivity contribution in [2.75, 3.05) is 0 Å². The first-order valence-corrected chi connectivity index (χ1v) is 5.13. The third kappa shape index (κ3) is 2.93. The summed E-state index contributed by atoms with van der Waals surface area (Å²) in [5, 5.41) is 0.455. The molecule has 1 heterocycles. The average Bonchev–Trinajstić information content (AvgIpc) is 2.09. The quantitative estimate of drug-likeness (QED) is 0.453. The number of unbranched alkanes of at least 4 members (excludes halogenated alkanes) is 1. The zero-order valence-electron chi connectivity index (χ0n) is 8.09. The van der Waals surface area contributed by atoms with Gasteiger partial charge in [0.1, 0.15) is 5.69 Å². The van der Waals surface area contributed by atoms with Crippen LogP contribution in [0.5, 0.6) is 0 Å². The van der Waals surface area contributed by atoms with Crippen molar-refractivity contribution in [1.29, 1.82) is 0 Å². The summed E-state index contributed by atoms with van der Waals surface area (Å²) in [5.41, 5.74) is 1.30. The van der Waals surface area contributed by atoms with E-state index in [4.69, 9.17) is 23.2 Å². The summed E-state index contributed by atoms with van der Waals surface area (Å²) in [6, 6.07) is 0. The lowest BCUT2D eigenvalue weighted by Gasteiger charge is -2.01. The minimum absolute atomic E-state index is 0.155. The summed E-state index contributed by atoms with van der Waals surface area (Å²) in [4.78, 5) is 12.0. The molecule has 0 aliphatic heterocycles. The number of hydrogen-bond donors (Lipinski definition) is 0. The molecule has 0 saturated carbocycles. The average molecular weight is 232 g/mol. The lowest BCUT2D eigenvalue weighted by Crippen LogP contribution is -1.89. The van der Waals surface area contributed by atoms with Gasteiger partial charge in [-0.2, -0.15) is 0 Å². The van der Waals surface area contributed by atoms with Crippen molar-refractivity contribution >= 4 is 35.1 Å². The van der Waals surface area contributed by atoms with Crippen LogP contribution in [0.2, 0.25) is 10.4 Å². The fraction of sp³-hybridized carbons (Fsp3) is 0.444. The highest BCUT2D eigenvalue weighted by molar-refractivity contribution is 6.33. The second kappa shape index (κ2) is 5.27. The van der Waals surface area contributed by atoms with Gasteiger partial charge in [-0.1, -0.05) is 24.9 Å². The van der Waals surface area contributed by atoms with E-state index >= 15 is 0 Å². The molecule has 0 atom stereocenters. The Kier molecular flexibility index (Phi) is 4.29. The number of aliphatic imine (C=N–C) groups is 1. The number of halogens is 2. The van der Waals surface area contributed by atoms with Crippen LogP contribution in [0, 0.1) is 6.92 Å². The molecule has 0 saturated heterocycles. The Morgan fingerprint density at radius 2 is 2.07 bits per heavy atom. The van der Waals surface area contributed by atoms with Gasteiger partial charge in [0.05, 0.1) is 5.69 Å². The minimum Gasteiger partial charge on any atom is -0.256 e. The summed E-state index contributed by atoms with van der Waals surface area (Å²) < 4.78 is 0. The first kappa shape index (κ1) is 11.4. The third-order valence-corrected chi connectivity index (χ3v) is 2.06. The Morgan fingerprint density at radius 3 is 2.64 bits per heavy atom. The summed E-state index contributed by atoms with van der Waals surface area (Å²) in [6.07, 6.45) is 3.78. The van der Waals surface area contributed by atoms with Crippen LogP contribution in [0.25, 0.3) is 0 Å². The van der Waals surface area contributed by atoms with Gasteiger partial charge < -0.3 is 0 Å². The van der Waals surface area contributed by atoms with Crippen molar-refractivity contribution in [2.24, 2.45) is 4.99 Å². The van der Waals surface area contributed by atoms with Crippen molar-refractivity contribution in [3.63, 3.8) is 0 Å². The van der Waals surface area contributed by atoms with E-state index in [-0.39, 0.29) is 5.28 Å². The summed E-state index contributed by atoms with van der Waals surface area (Å²) >= 11 is 11.5. The molecule has 0 N–H and O–H groups in total. The maximum atomic E-state index is 5.86. The van der Waals surface area contributed by atoms with Crippen molar-refractivity contribution < 1.29 is 0 Å². The van der Waals surface area contributed by atoms with Gasteiger partial charge in [0.25, 0.3) is 0 Å². The van der Waals surface area contributed by atoms with Crippen LogP contribution < -0.4 is 0 Å². The van der Waals surface area contributed by atoms with Gasteiger partial charge >= 0.3 is 0 Å². The maximum Gasteiger partial charge on any atom is 0.224 e. The van der Waals surface area contributed by atoms with Crippen LogP contribution in [-0.2, 0) is 0 Å². The molecule has 14 heavy (non-hydrogen) atoms. The Morgan fingerprint density at radius 1 is 1.36 bits per heavy atom. The van der Waals surface area contributed by atoms with Crippen LogP contribution in [0.15, 0.2) is 4.99 Å². The van der Waals surface area contributed by atoms with Gasteiger partial charge in [0.2, 0.25) is 5.28 Å². The molecule has 1 aromatic rings. The fourth-order valence-electron chi connectivity index (χ4n) is 0.931. The zero-order chi connectivity index (χ0) is 10.6. The van der Waals surface area contributed by atoms with Crippen LogP contribution in [0.3, 0.4) is 0 Å². The molecule has 1 rings (SSSR count). The lowest BCUT2D eigenvalue weighted by atomic mass is 10.3. The van der Waals surface area contributed by atoms with E-state index in [0.717, 1.165) is 12.8 Å². The maximum absolute atomic E-state index is 5.86. The molecule has 5 heteroatoms. The minimum atomic E-state index is 0.155. The van der Waals surface area contributed by atoms with Crippen molar-refractivity contribution in [3.8, 4) is 0 Å². The van der Waals surface area contributed by atoms with E-state index in [1.807, 2.05) is 6.21 Å². The second-order valence-corrected chi connectivity index (χ2v) is 3.51. The van der Waals surface area contributed by atoms with Crippen molar-refractivity contribution in [2.45, 2.75) is 26.7 Å². The molecule has 0 spiro atoms. The van der Waals surface area contributed by atoms with Gasteiger partial charge in [-0.05, 0) is 24.9 Å². The molecule has 0 aliphatic carbocycles. The third-order valence-electron chi connectivity index (χ3n) is 1.63. The highest BCUT2D eigenvalue weighted by Crippen LogP contribution is 2.26. The van der Waals surface area contributed by atoms with E-state index in [9.17, 15) is 0 Å². The molecule has 0 aliphatic rings. The fourth-order valence-corrected chi connectivity index (χ4v) is 1.45. The highest BCUT2D eigenvalue weighted by atomic mass is 35.5. The van der Waals surface area contributed by atoms with E-state index in [0.29, 0.717) is 16.5 Å². The molecule has 1 aromatic heterocycles. The summed E-state index contributed by atoms with van der Waals surface area (Å²) in [5.74, 6) is 0. The predicted octanol–water partition coefficient (Wildman–Crippen LogP) is 3.59. The molecular weight excluding hydrogens is 221 g/mol. The highest BCUT2D eigenvalue weighted by Gasteiger charge is 2.06. The SMILES string of the molecule is CCC/C=N\c1c(C)nc(Cl)nc1Cl. The topological polar surface area (TPSA) is 38.1 Å². The Bertz CT molecular complexity index is 327. The van der Waals surface area contributed by atoms with Crippen LogP contribution in [0.1, 0.15) is 25.5 Å². The molecule has 0 unspecified atom stereocenters. The summed E-state index contributed by atoms with van der Waals surface area (Å²) in [6.45, 7) is 3.89. The van der Waals surface area contributed by atoms with Crippen molar-refractivity contribution in [3.05, 3.63) is 16.1 Å². The van der Waals surface area contributed by atoms with Gasteiger partial charge in [-0.3, -0.25) is 4.99 Å². The van der Waals surface area contributed by atoms with Crippen LogP contribution in [-0.4, -0.2) is 16.2 Å². The normalized spacial score (nSPS) is 11.1. The first-order chi connectivity index (χ1) is 6.65. The Balaban J connectivity index is 2.96. The molecule has 0 aromatic carbocycles. The predicted molar refractivity (Wildman–Crippen MR) is 59.8 cm³/mol. The molecule has 0 radical (unpaired) electrons. The monoisotopic (exact) mass is 231 g/mol. The standard InChI is InChI=1S/C9H11Cl2N3/c1-3-4-5-12-7-6(2)13-9(11)14-8(7)10/h5H,3-4H2,1-2H3/b12-5-. The van der Waals surface area contributed by atoms with E-state index in [1.165, 1.54) is 0 Å². The smallest absolute Gasteiger partial charge is 0.224 e. The zero-order valence-corrected chi connectivity index (χ0v) is 9.60. The Labute approximate surface area is 93.2 Å². The van der Waals surface area contributed by atoms with Gasteiger partial charge in [0.15, 0.2) is 5.15 Å². The molecular formula is C9H11Cl2N3. The molecule has 76 valence electrons. The van der Waals surface area contributed by atoms with Gasteiger partial charge in [0, 0.05) is 6.21 Å². The van der Waals surface area contributed by atoms with E-state index in [2.05, 4.69) is 21.9 Å². The second-order valence-electron chi connectivity index (χ2n) is 2.82. The van der Waals surface area contributed by atoms with E-state index in [1.54, 1.807) is 6.92 Å². The lowest BCUT2D eigenvalue weighted by molar-refractivity contribution is 1.01. The molecule has 3 nitrogen and oxygen atoms in total. The van der Waals surface area contributed by atoms with Gasteiger partial charge in [-0.25, -0.2) is 9.97 Å². The molecule has 0 amide bonds. The summed E-state index contributed by atoms with van der Waals surface area (Å²) in [7, 11) is 0. The molecule has 0 bridgehead atoms. The Hall–Kier alpha value is -0.670. The van der Waals surface area contributed by atoms with Gasteiger partial charge in [-0.15, -0.1) is 0 Å². The number of aromatic nitrogens is 2. The largest absolute Gasteiger partial charge is 0.256 e. The molecule has 0 fully saturated rings. The number of aryl methyl sites for hydroxylation is 1.